The zero-order chi connectivity index (χ0) is 9.56. The fourth-order valence-corrected chi connectivity index (χ4v) is 0.796. The molecule has 0 unspecified atom stereocenters. The number of hydrogen-bond donors (Lipinski definition) is 3. The van der Waals surface area contributed by atoms with E-state index in [0.717, 1.165) is 0 Å². The van der Waals surface area contributed by atoms with Gasteiger partial charge in [0, 0.05) is 13.1 Å². The molecule has 0 aliphatic carbocycles. The van der Waals surface area contributed by atoms with Crippen LogP contribution in [0.2, 0.25) is 0 Å². The minimum absolute atomic E-state index is 0.00287. The van der Waals surface area contributed by atoms with E-state index in [-0.39, 0.29) is 18.4 Å². The molecule has 0 spiro atoms. The van der Waals surface area contributed by atoms with Crippen LogP contribution < -0.4 is 11.1 Å². The molecule has 0 bridgehead atoms. The predicted octanol–water partition coefficient (Wildman–Crippen LogP) is -0.0262. The van der Waals surface area contributed by atoms with Crippen molar-refractivity contribution in [2.45, 2.75) is 13.8 Å². The number of amidine groups is 1. The largest absolute Gasteiger partial charge is 0.386 e. The third kappa shape index (κ3) is 3.80. The molecule has 12 heavy (non-hydrogen) atoms. The highest BCUT2D eigenvalue weighted by molar-refractivity contribution is 5.84. The number of hydrogen-bond acceptors (Lipinski definition) is 2. The molecule has 0 aromatic heterocycles. The van der Waals surface area contributed by atoms with Gasteiger partial charge in [-0.15, -0.1) is 0 Å². The Bertz CT molecular complexity index is 169. The van der Waals surface area contributed by atoms with Gasteiger partial charge in [-0.1, -0.05) is 0 Å². The summed E-state index contributed by atoms with van der Waals surface area (Å²) in [4.78, 5) is 12.7. The molecule has 0 saturated heterocycles. The topological polar surface area (TPSA) is 82.2 Å². The van der Waals surface area contributed by atoms with E-state index in [1.54, 1.807) is 0 Å². The molecule has 2 amide bonds. The van der Waals surface area contributed by atoms with Gasteiger partial charge < -0.3 is 16.0 Å². The SMILES string of the molecule is CCNC(=O)N(CC)CC(=N)N. The van der Waals surface area contributed by atoms with Gasteiger partial charge >= 0.3 is 6.03 Å². The van der Waals surface area contributed by atoms with Crippen LogP contribution in [0.15, 0.2) is 0 Å². The van der Waals surface area contributed by atoms with Crippen molar-refractivity contribution in [2.75, 3.05) is 19.6 Å². The lowest BCUT2D eigenvalue weighted by Gasteiger charge is -2.19. The van der Waals surface area contributed by atoms with Crippen molar-refractivity contribution in [1.82, 2.24) is 10.2 Å². The molecule has 0 aromatic rings. The number of likely N-dealkylation sites (N-methyl/N-ethyl adjacent to an activating group) is 1. The number of urea groups is 1. The Morgan fingerprint density at radius 3 is 2.50 bits per heavy atom. The van der Waals surface area contributed by atoms with Gasteiger partial charge in [0.2, 0.25) is 0 Å². The average Bonchev–Trinajstić information content (AvgIpc) is 2.00. The standard InChI is InChI=1S/C7H16N4O/c1-3-10-7(12)11(4-2)5-6(8)9/h3-5H2,1-2H3,(H3,8,9)(H,10,12). The van der Waals surface area contributed by atoms with Gasteiger partial charge in [-0.2, -0.15) is 0 Å². The lowest BCUT2D eigenvalue weighted by molar-refractivity contribution is 0.208. The van der Waals surface area contributed by atoms with Crippen LogP contribution in [0.4, 0.5) is 4.79 Å². The molecule has 0 atom stereocenters. The van der Waals surface area contributed by atoms with Crippen LogP contribution in [-0.4, -0.2) is 36.4 Å². The third-order valence-electron chi connectivity index (χ3n) is 1.36. The fraction of sp³-hybridized carbons (Fsp3) is 0.714. The van der Waals surface area contributed by atoms with Crippen molar-refractivity contribution >= 4 is 11.9 Å². The highest BCUT2D eigenvalue weighted by Gasteiger charge is 2.09. The molecule has 5 nitrogen and oxygen atoms in total. The minimum atomic E-state index is -0.171. The first-order valence-electron chi connectivity index (χ1n) is 3.97. The first-order chi connectivity index (χ1) is 5.61. The molecule has 0 aliphatic rings. The Morgan fingerprint density at radius 1 is 1.58 bits per heavy atom. The van der Waals surface area contributed by atoms with Crippen molar-refractivity contribution in [3.05, 3.63) is 0 Å². The first-order valence-corrected chi connectivity index (χ1v) is 3.97. The molecule has 0 rings (SSSR count). The molecule has 0 radical (unpaired) electrons. The zero-order valence-corrected chi connectivity index (χ0v) is 7.55. The van der Waals surface area contributed by atoms with Gasteiger partial charge in [-0.25, -0.2) is 4.79 Å². The number of rotatable bonds is 4. The Morgan fingerprint density at radius 2 is 2.17 bits per heavy atom. The van der Waals surface area contributed by atoms with Crippen molar-refractivity contribution in [1.29, 1.82) is 5.41 Å². The lowest BCUT2D eigenvalue weighted by Crippen LogP contribution is -2.43. The van der Waals surface area contributed by atoms with E-state index < -0.39 is 0 Å². The third-order valence-corrected chi connectivity index (χ3v) is 1.36. The summed E-state index contributed by atoms with van der Waals surface area (Å²) < 4.78 is 0. The molecule has 0 heterocycles. The molecule has 0 aromatic carbocycles. The van der Waals surface area contributed by atoms with Gasteiger partial charge in [0.1, 0.15) is 5.84 Å². The Balaban J connectivity index is 3.96. The lowest BCUT2D eigenvalue weighted by atomic mass is 10.5. The Labute approximate surface area is 72.4 Å². The minimum Gasteiger partial charge on any atom is -0.386 e. The van der Waals surface area contributed by atoms with E-state index in [1.807, 2.05) is 13.8 Å². The maximum absolute atomic E-state index is 11.2. The van der Waals surface area contributed by atoms with Crippen LogP contribution in [0.5, 0.6) is 0 Å². The predicted molar refractivity (Wildman–Crippen MR) is 48.2 cm³/mol. The molecule has 5 heteroatoms. The van der Waals surface area contributed by atoms with Crippen LogP contribution in [0, 0.1) is 5.41 Å². The summed E-state index contributed by atoms with van der Waals surface area (Å²) >= 11 is 0. The van der Waals surface area contributed by atoms with Crippen LogP contribution in [-0.2, 0) is 0 Å². The summed E-state index contributed by atoms with van der Waals surface area (Å²) in [6.45, 7) is 5.04. The van der Waals surface area contributed by atoms with Gasteiger partial charge in [-0.05, 0) is 13.8 Å². The fourth-order valence-electron chi connectivity index (χ4n) is 0.796. The van der Waals surface area contributed by atoms with Crippen molar-refractivity contribution in [3.63, 3.8) is 0 Å². The van der Waals surface area contributed by atoms with Gasteiger partial charge in [0.25, 0.3) is 0 Å². The number of nitrogens with zero attached hydrogens (tertiary/aromatic N) is 1. The number of carbonyl (C=O) groups is 1. The van der Waals surface area contributed by atoms with E-state index in [2.05, 4.69) is 5.32 Å². The monoisotopic (exact) mass is 172 g/mol. The molecular weight excluding hydrogens is 156 g/mol. The van der Waals surface area contributed by atoms with Crippen LogP contribution in [0.1, 0.15) is 13.8 Å². The van der Waals surface area contributed by atoms with Crippen LogP contribution >= 0.6 is 0 Å². The van der Waals surface area contributed by atoms with E-state index in [1.165, 1.54) is 4.90 Å². The van der Waals surface area contributed by atoms with Crippen LogP contribution in [0.3, 0.4) is 0 Å². The second kappa shape index (κ2) is 5.40. The Hall–Kier alpha value is -1.26. The normalized spacial score (nSPS) is 9.17. The summed E-state index contributed by atoms with van der Waals surface area (Å²) in [5, 5.41) is 9.65. The number of carbonyl (C=O) groups excluding carboxylic acids is 1. The van der Waals surface area contributed by atoms with E-state index in [0.29, 0.717) is 13.1 Å². The van der Waals surface area contributed by atoms with E-state index in [9.17, 15) is 4.79 Å². The van der Waals surface area contributed by atoms with Crippen molar-refractivity contribution in [2.24, 2.45) is 5.73 Å². The first kappa shape index (κ1) is 10.7. The maximum Gasteiger partial charge on any atom is 0.317 e. The second-order valence-corrected chi connectivity index (χ2v) is 2.37. The van der Waals surface area contributed by atoms with Gasteiger partial charge in [0.05, 0.1) is 6.54 Å². The molecule has 4 N–H and O–H groups in total. The summed E-state index contributed by atoms with van der Waals surface area (Å²) in [5.41, 5.74) is 5.16. The summed E-state index contributed by atoms with van der Waals surface area (Å²) in [7, 11) is 0. The highest BCUT2D eigenvalue weighted by atomic mass is 16.2. The molecule has 0 aliphatic heterocycles. The van der Waals surface area contributed by atoms with Gasteiger partial charge in [0.15, 0.2) is 0 Å². The Kier molecular flexibility index (Phi) is 4.83. The quantitative estimate of drug-likeness (QED) is 0.411. The van der Waals surface area contributed by atoms with Crippen molar-refractivity contribution in [3.8, 4) is 0 Å². The van der Waals surface area contributed by atoms with Gasteiger partial charge in [-0.3, -0.25) is 5.41 Å². The molecule has 70 valence electrons. The number of nitrogens with one attached hydrogen (secondary N) is 2. The van der Waals surface area contributed by atoms with Crippen LogP contribution in [0.25, 0.3) is 0 Å². The summed E-state index contributed by atoms with van der Waals surface area (Å²) in [6, 6.07) is -0.171. The smallest absolute Gasteiger partial charge is 0.317 e. The number of nitrogens with two attached hydrogens (primary N) is 1. The summed E-state index contributed by atoms with van der Waals surface area (Å²) in [6.07, 6.45) is 0. The molecular formula is C7H16N4O. The molecule has 0 saturated carbocycles. The second-order valence-electron chi connectivity index (χ2n) is 2.37. The van der Waals surface area contributed by atoms with Crippen molar-refractivity contribution < 1.29 is 4.79 Å². The van der Waals surface area contributed by atoms with E-state index >= 15 is 0 Å². The summed E-state index contributed by atoms with van der Waals surface area (Å²) in [5.74, 6) is 0.00287. The average molecular weight is 172 g/mol. The zero-order valence-electron chi connectivity index (χ0n) is 7.55. The molecule has 0 fully saturated rings. The highest BCUT2D eigenvalue weighted by Crippen LogP contribution is 1.87. The maximum atomic E-state index is 11.2. The number of amides is 2. The van der Waals surface area contributed by atoms with E-state index in [4.69, 9.17) is 11.1 Å².